The van der Waals surface area contributed by atoms with Crippen LogP contribution in [-0.4, -0.2) is 44.6 Å². The number of fused-ring (bicyclic) bond motifs is 2. The maximum absolute atomic E-state index is 13.4. The van der Waals surface area contributed by atoms with Gasteiger partial charge in [0.15, 0.2) is 0 Å². The van der Waals surface area contributed by atoms with E-state index < -0.39 is 41.4 Å². The lowest BCUT2D eigenvalue weighted by atomic mass is 9.82. The van der Waals surface area contributed by atoms with Crippen molar-refractivity contribution in [1.82, 2.24) is 9.88 Å². The van der Waals surface area contributed by atoms with Crippen molar-refractivity contribution in [2.45, 2.75) is 29.7 Å². The van der Waals surface area contributed by atoms with Crippen molar-refractivity contribution in [3.05, 3.63) is 78.2 Å². The van der Waals surface area contributed by atoms with Crippen molar-refractivity contribution < 1.29 is 24.2 Å². The van der Waals surface area contributed by atoms with E-state index in [-0.39, 0.29) is 4.87 Å². The second kappa shape index (κ2) is 9.29. The zero-order valence-corrected chi connectivity index (χ0v) is 21.5. The smallest absolute Gasteiger partial charge is 0.323 e. The van der Waals surface area contributed by atoms with Gasteiger partial charge in [-0.3, -0.25) is 24.1 Å². The van der Waals surface area contributed by atoms with Gasteiger partial charge in [0.25, 0.3) is 0 Å². The summed E-state index contributed by atoms with van der Waals surface area (Å²) in [6.45, 7) is 1.59. The number of carbonyl (C=O) groups excluding carboxylic acids is 2. The minimum absolute atomic E-state index is 0.285. The molecule has 1 saturated heterocycles. The summed E-state index contributed by atoms with van der Waals surface area (Å²) >= 11 is 5.59. The zero-order chi connectivity index (χ0) is 24.9. The number of rotatable bonds is 6. The molecule has 2 aliphatic heterocycles. The number of imide groups is 1. The predicted octanol–water partition coefficient (Wildman–Crippen LogP) is 3.76. The number of aromatic amines is 1. The lowest BCUT2D eigenvalue weighted by Gasteiger charge is -2.31. The van der Waals surface area contributed by atoms with Crippen LogP contribution in [0.1, 0.15) is 27.5 Å². The van der Waals surface area contributed by atoms with Crippen molar-refractivity contribution in [3.8, 4) is 5.75 Å². The standard InChI is InChI=1S/C24H19BrN2O6S2/c1-11-4-2-3-5-12(11)10-33-15-7-6-13(25)8-14(15)17-18-20(34-21-19(17)35-24(32)26-21)23(31)27(22(18)30)9-16(28)29/h2-8,17-18,20H,9-10H2,1H3,(H,26,32)(H,28,29)/t17-,18?,20?/m1/s1. The summed E-state index contributed by atoms with van der Waals surface area (Å²) in [4.78, 5) is 54.0. The number of carboxylic acid groups (broad SMARTS) is 1. The van der Waals surface area contributed by atoms with E-state index in [2.05, 4.69) is 20.9 Å². The van der Waals surface area contributed by atoms with Crippen LogP contribution in [-0.2, 0) is 21.0 Å². The maximum atomic E-state index is 13.4. The van der Waals surface area contributed by atoms with Crippen LogP contribution in [0.2, 0.25) is 0 Å². The number of hydrogen-bond acceptors (Lipinski definition) is 7. The number of aryl methyl sites for hydroxylation is 1. The highest BCUT2D eigenvalue weighted by molar-refractivity contribution is 9.10. The number of benzene rings is 2. The van der Waals surface area contributed by atoms with Crippen LogP contribution in [0.4, 0.5) is 0 Å². The monoisotopic (exact) mass is 574 g/mol. The summed E-state index contributed by atoms with van der Waals surface area (Å²) in [7, 11) is 0. The van der Waals surface area contributed by atoms with E-state index in [1.54, 1.807) is 6.07 Å². The number of nitrogens with zero attached hydrogens (tertiary/aromatic N) is 1. The fourth-order valence-electron chi connectivity index (χ4n) is 4.52. The number of nitrogens with one attached hydrogen (secondary N) is 1. The molecule has 2 unspecified atom stereocenters. The quantitative estimate of drug-likeness (QED) is 0.430. The first-order valence-electron chi connectivity index (χ1n) is 10.7. The van der Waals surface area contributed by atoms with E-state index in [4.69, 9.17) is 4.74 Å². The van der Waals surface area contributed by atoms with Crippen LogP contribution < -0.4 is 9.61 Å². The van der Waals surface area contributed by atoms with Crippen LogP contribution >= 0.6 is 39.0 Å². The summed E-state index contributed by atoms with van der Waals surface area (Å²) < 4.78 is 6.97. The number of aromatic nitrogens is 1. The predicted molar refractivity (Wildman–Crippen MR) is 134 cm³/mol. The molecule has 3 heterocycles. The van der Waals surface area contributed by atoms with Gasteiger partial charge in [0.2, 0.25) is 11.8 Å². The highest BCUT2D eigenvalue weighted by Crippen LogP contribution is 2.54. The molecule has 8 nitrogen and oxygen atoms in total. The van der Waals surface area contributed by atoms with Crippen LogP contribution in [0, 0.1) is 12.8 Å². The number of likely N-dealkylation sites (tertiary alicyclic amines) is 1. The van der Waals surface area contributed by atoms with Crippen LogP contribution in [0.3, 0.4) is 0 Å². The van der Waals surface area contributed by atoms with Crippen molar-refractivity contribution in [3.63, 3.8) is 0 Å². The molecule has 0 saturated carbocycles. The molecule has 3 atom stereocenters. The summed E-state index contributed by atoms with van der Waals surface area (Å²) in [5.74, 6) is -3.37. The first-order valence-corrected chi connectivity index (χ1v) is 13.2. The minimum atomic E-state index is -1.26. The Kier molecular flexibility index (Phi) is 6.32. The van der Waals surface area contributed by atoms with Crippen LogP contribution in [0.25, 0.3) is 0 Å². The Morgan fingerprint density at radius 3 is 2.69 bits per heavy atom. The highest BCUT2D eigenvalue weighted by Gasteiger charge is 2.56. The Morgan fingerprint density at radius 1 is 1.17 bits per heavy atom. The van der Waals surface area contributed by atoms with Gasteiger partial charge in [-0.25, -0.2) is 0 Å². The number of H-pyrrole nitrogens is 1. The van der Waals surface area contributed by atoms with E-state index in [1.807, 2.05) is 43.3 Å². The van der Waals surface area contributed by atoms with Gasteiger partial charge >= 0.3 is 10.8 Å². The molecule has 2 N–H and O–H groups in total. The number of thioether (sulfide) groups is 1. The third-order valence-corrected chi connectivity index (χ3v) is 9.05. The molecular formula is C24H19BrN2O6S2. The minimum Gasteiger partial charge on any atom is -0.489 e. The third-order valence-electron chi connectivity index (χ3n) is 6.16. The lowest BCUT2D eigenvalue weighted by Crippen LogP contribution is -2.36. The van der Waals surface area contributed by atoms with Gasteiger partial charge in [-0.15, -0.1) is 0 Å². The Bertz CT molecular complexity index is 1420. The molecule has 1 aromatic heterocycles. The maximum Gasteiger partial charge on any atom is 0.323 e. The summed E-state index contributed by atoms with van der Waals surface area (Å²) in [5.41, 5.74) is 2.73. The van der Waals surface area contributed by atoms with Gasteiger partial charge in [-0.2, -0.15) is 0 Å². The molecule has 0 bridgehead atoms. The molecule has 0 radical (unpaired) electrons. The molecule has 35 heavy (non-hydrogen) atoms. The second-order valence-corrected chi connectivity index (χ2v) is 11.4. The molecule has 1 fully saturated rings. The molecule has 180 valence electrons. The number of halogens is 1. The van der Waals surface area contributed by atoms with Crippen LogP contribution in [0.5, 0.6) is 5.75 Å². The van der Waals surface area contributed by atoms with Crippen molar-refractivity contribution in [2.24, 2.45) is 5.92 Å². The second-order valence-electron chi connectivity index (χ2n) is 8.30. The Morgan fingerprint density at radius 2 is 1.94 bits per heavy atom. The summed E-state index contributed by atoms with van der Waals surface area (Å²) in [6, 6.07) is 13.3. The number of amides is 2. The average Bonchev–Trinajstić information content (AvgIpc) is 3.29. The third kappa shape index (κ3) is 4.32. The van der Waals surface area contributed by atoms with Crippen LogP contribution in [0.15, 0.2) is 56.8 Å². The Balaban J connectivity index is 1.60. The number of aliphatic carboxylic acids is 1. The van der Waals surface area contributed by atoms with Crippen molar-refractivity contribution >= 4 is 56.8 Å². The first kappa shape index (κ1) is 23.8. The molecular weight excluding hydrogens is 556 g/mol. The van der Waals surface area contributed by atoms with E-state index in [9.17, 15) is 24.3 Å². The van der Waals surface area contributed by atoms with Gasteiger partial charge in [0.05, 0.1) is 10.9 Å². The molecule has 2 aliphatic rings. The van der Waals surface area contributed by atoms with Crippen molar-refractivity contribution in [1.29, 1.82) is 0 Å². The average molecular weight is 575 g/mol. The topological polar surface area (TPSA) is 117 Å². The van der Waals surface area contributed by atoms with E-state index in [0.717, 1.165) is 43.6 Å². The number of carboxylic acids is 1. The molecule has 11 heteroatoms. The van der Waals surface area contributed by atoms with Gasteiger partial charge in [0.1, 0.15) is 24.2 Å². The molecule has 0 aliphatic carbocycles. The molecule has 2 amide bonds. The number of hydrogen-bond donors (Lipinski definition) is 2. The van der Waals surface area contributed by atoms with Crippen molar-refractivity contribution in [2.75, 3.05) is 6.54 Å². The van der Waals surface area contributed by atoms with E-state index in [0.29, 0.717) is 27.8 Å². The fourth-order valence-corrected chi connectivity index (χ4v) is 7.43. The first-order chi connectivity index (χ1) is 16.7. The molecule has 0 spiro atoms. The van der Waals surface area contributed by atoms with Gasteiger partial charge in [0, 0.05) is 20.8 Å². The van der Waals surface area contributed by atoms with E-state index >= 15 is 0 Å². The van der Waals surface area contributed by atoms with E-state index in [1.165, 1.54) is 0 Å². The number of carbonyl (C=O) groups is 3. The van der Waals surface area contributed by atoms with Gasteiger partial charge < -0.3 is 14.8 Å². The molecule has 2 aromatic carbocycles. The number of thiazole rings is 1. The fraction of sp³-hybridized carbons (Fsp3) is 0.250. The summed E-state index contributed by atoms with van der Waals surface area (Å²) in [6.07, 6.45) is 0. The Hall–Kier alpha value is -2.89. The normalized spacial score (nSPS) is 21.1. The largest absolute Gasteiger partial charge is 0.489 e. The summed E-state index contributed by atoms with van der Waals surface area (Å²) in [5, 5.41) is 8.94. The SMILES string of the molecule is Cc1ccccc1COc1ccc(Br)cc1[C@H]1c2sc(=O)[nH]c2SC2C(=O)N(CC(=O)O)C(=O)C21. The number of ether oxygens (including phenoxy) is 1. The van der Waals surface area contributed by atoms with Gasteiger partial charge in [-0.1, -0.05) is 63.3 Å². The van der Waals surface area contributed by atoms with Gasteiger partial charge in [-0.05, 0) is 36.2 Å². The zero-order valence-electron chi connectivity index (χ0n) is 18.3. The Labute approximate surface area is 216 Å². The molecule has 3 aromatic rings. The lowest BCUT2D eigenvalue weighted by molar-refractivity contribution is -0.149. The highest BCUT2D eigenvalue weighted by atomic mass is 79.9. The molecule has 5 rings (SSSR count).